The highest BCUT2D eigenvalue weighted by atomic mass is 32.2. The van der Waals surface area contributed by atoms with E-state index in [1.165, 1.54) is 11.3 Å². The highest BCUT2D eigenvalue weighted by Crippen LogP contribution is 2.16. The molecule has 0 aliphatic rings. The molecule has 116 valence electrons. The molecule has 0 unspecified atom stereocenters. The van der Waals surface area contributed by atoms with Crippen LogP contribution in [0.2, 0.25) is 0 Å². The summed E-state index contributed by atoms with van der Waals surface area (Å²) in [5, 5.41) is 9.95. The largest absolute Gasteiger partial charge is 0.313 e. The third-order valence-corrected chi connectivity index (χ3v) is 5.09. The molecule has 2 aromatic heterocycles. The number of aromatic nitrogens is 3. The van der Waals surface area contributed by atoms with E-state index in [2.05, 4.69) is 32.1 Å². The van der Waals surface area contributed by atoms with Crippen LogP contribution in [-0.4, -0.2) is 30.1 Å². The Labute approximate surface area is 128 Å². The monoisotopic (exact) mass is 329 g/mol. The molecule has 2 heterocycles. The Morgan fingerprint density at radius 2 is 2.19 bits per heavy atom. The fourth-order valence-corrected chi connectivity index (χ4v) is 3.64. The molecule has 2 rings (SSSR count). The van der Waals surface area contributed by atoms with E-state index in [1.54, 1.807) is 11.7 Å². The summed E-state index contributed by atoms with van der Waals surface area (Å²) < 4.78 is 27.3. The van der Waals surface area contributed by atoms with Crippen LogP contribution in [0.4, 0.5) is 0 Å². The van der Waals surface area contributed by atoms with E-state index in [9.17, 15) is 8.42 Å². The van der Waals surface area contributed by atoms with E-state index in [4.69, 9.17) is 0 Å². The molecule has 21 heavy (non-hydrogen) atoms. The van der Waals surface area contributed by atoms with Gasteiger partial charge in [-0.15, -0.1) is 11.3 Å². The lowest BCUT2D eigenvalue weighted by Crippen LogP contribution is -2.25. The topological polar surface area (TPSA) is 99.8 Å². The van der Waals surface area contributed by atoms with Crippen molar-refractivity contribution in [1.29, 1.82) is 0 Å². The summed E-state index contributed by atoms with van der Waals surface area (Å²) in [7, 11) is -3.64. The van der Waals surface area contributed by atoms with E-state index in [0.717, 1.165) is 23.5 Å². The number of thiazole rings is 1. The van der Waals surface area contributed by atoms with Gasteiger partial charge >= 0.3 is 0 Å². The zero-order chi connectivity index (χ0) is 15.3. The van der Waals surface area contributed by atoms with Crippen molar-refractivity contribution >= 4 is 21.4 Å². The van der Waals surface area contributed by atoms with Gasteiger partial charge in [0.05, 0.1) is 5.51 Å². The summed E-state index contributed by atoms with van der Waals surface area (Å²) in [6.07, 6.45) is 2.63. The number of nitrogens with one attached hydrogen (secondary N) is 3. The number of nitrogens with zero attached hydrogens (tertiary/aromatic N) is 2. The first-order valence-corrected chi connectivity index (χ1v) is 9.02. The normalized spacial score (nSPS) is 11.9. The van der Waals surface area contributed by atoms with Crippen molar-refractivity contribution in [3.63, 3.8) is 0 Å². The number of hydrogen-bond donors (Lipinski definition) is 3. The van der Waals surface area contributed by atoms with E-state index < -0.39 is 10.0 Å². The second-order valence-electron chi connectivity index (χ2n) is 4.60. The molecule has 0 saturated heterocycles. The molecule has 3 N–H and O–H groups in total. The molecule has 0 saturated carbocycles. The van der Waals surface area contributed by atoms with E-state index >= 15 is 0 Å². The maximum atomic E-state index is 12.4. The Morgan fingerprint density at radius 1 is 1.38 bits per heavy atom. The van der Waals surface area contributed by atoms with Gasteiger partial charge in [-0.25, -0.2) is 13.1 Å². The van der Waals surface area contributed by atoms with Crippen LogP contribution in [0.15, 0.2) is 16.7 Å². The first-order valence-electron chi connectivity index (χ1n) is 6.66. The van der Waals surface area contributed by atoms with Crippen molar-refractivity contribution in [2.75, 3.05) is 6.54 Å². The van der Waals surface area contributed by atoms with Crippen LogP contribution >= 0.6 is 11.3 Å². The predicted molar refractivity (Wildman–Crippen MR) is 81.5 cm³/mol. The molecule has 0 amide bonds. The molecular formula is C12H19N5O2S2. The molecule has 0 bridgehead atoms. The number of aromatic amines is 1. The standard InChI is InChI=1S/C12H19N5O2S2/c1-3-4-13-7-11-9(2)16-17-12(11)21(18,19)15-6-10-5-14-8-20-10/h5,8,13,15H,3-4,6-7H2,1-2H3,(H,16,17). The SMILES string of the molecule is CCCNCc1c(S(=O)(=O)NCc2cncs2)n[nH]c1C. The first-order chi connectivity index (χ1) is 10.0. The minimum Gasteiger partial charge on any atom is -0.313 e. The molecule has 2 aromatic rings. The zero-order valence-electron chi connectivity index (χ0n) is 12.0. The van der Waals surface area contributed by atoms with Gasteiger partial charge in [0.1, 0.15) is 0 Å². The van der Waals surface area contributed by atoms with Gasteiger partial charge in [0.15, 0.2) is 5.03 Å². The molecule has 0 aliphatic heterocycles. The first kappa shape index (κ1) is 16.1. The third-order valence-electron chi connectivity index (χ3n) is 2.94. The number of hydrogen-bond acceptors (Lipinski definition) is 6. The van der Waals surface area contributed by atoms with Crippen LogP contribution in [0.3, 0.4) is 0 Å². The predicted octanol–water partition coefficient (Wildman–Crippen LogP) is 1.15. The van der Waals surface area contributed by atoms with Gasteiger partial charge in [-0.3, -0.25) is 10.1 Å². The number of aryl methyl sites for hydroxylation is 1. The summed E-state index contributed by atoms with van der Waals surface area (Å²) in [5.41, 5.74) is 3.11. The van der Waals surface area contributed by atoms with Crippen LogP contribution in [0.25, 0.3) is 0 Å². The van der Waals surface area contributed by atoms with E-state index in [-0.39, 0.29) is 11.6 Å². The number of sulfonamides is 1. The van der Waals surface area contributed by atoms with Crippen molar-refractivity contribution in [2.24, 2.45) is 0 Å². The van der Waals surface area contributed by atoms with E-state index in [0.29, 0.717) is 12.1 Å². The molecule has 0 aromatic carbocycles. The quantitative estimate of drug-likeness (QED) is 0.631. The molecule has 0 aliphatic carbocycles. The Balaban J connectivity index is 2.11. The van der Waals surface area contributed by atoms with Crippen molar-refractivity contribution in [2.45, 2.75) is 38.4 Å². The molecule has 0 fully saturated rings. The third kappa shape index (κ3) is 4.10. The summed E-state index contributed by atoms with van der Waals surface area (Å²) in [5.74, 6) is 0. The van der Waals surface area contributed by atoms with Crippen LogP contribution in [-0.2, 0) is 23.1 Å². The molecule has 9 heteroatoms. The Hall–Kier alpha value is -1.29. The minimum absolute atomic E-state index is 0.0631. The fraction of sp³-hybridized carbons (Fsp3) is 0.500. The van der Waals surface area contributed by atoms with Gasteiger partial charge in [0.25, 0.3) is 10.0 Å². The van der Waals surface area contributed by atoms with Gasteiger partial charge in [0.2, 0.25) is 0 Å². The van der Waals surface area contributed by atoms with Crippen molar-refractivity contribution in [1.82, 2.24) is 25.2 Å². The Morgan fingerprint density at radius 3 is 2.86 bits per heavy atom. The highest BCUT2D eigenvalue weighted by Gasteiger charge is 2.23. The van der Waals surface area contributed by atoms with Gasteiger partial charge in [-0.05, 0) is 19.9 Å². The van der Waals surface area contributed by atoms with Gasteiger partial charge in [0, 0.05) is 35.4 Å². The van der Waals surface area contributed by atoms with Crippen LogP contribution in [0.5, 0.6) is 0 Å². The van der Waals surface area contributed by atoms with Crippen LogP contribution in [0.1, 0.15) is 29.5 Å². The average molecular weight is 329 g/mol. The minimum atomic E-state index is -3.64. The maximum Gasteiger partial charge on any atom is 0.260 e. The lowest BCUT2D eigenvalue weighted by Gasteiger charge is -2.07. The average Bonchev–Trinajstić information content (AvgIpc) is 3.08. The Bertz CT molecular complexity index is 664. The number of H-pyrrole nitrogens is 1. The van der Waals surface area contributed by atoms with E-state index in [1.807, 2.05) is 6.92 Å². The van der Waals surface area contributed by atoms with Crippen molar-refractivity contribution in [3.8, 4) is 0 Å². The van der Waals surface area contributed by atoms with Crippen molar-refractivity contribution in [3.05, 3.63) is 27.8 Å². The fourth-order valence-electron chi connectivity index (χ4n) is 1.81. The zero-order valence-corrected chi connectivity index (χ0v) is 13.6. The summed E-state index contributed by atoms with van der Waals surface area (Å²) in [4.78, 5) is 4.78. The maximum absolute atomic E-state index is 12.4. The molecule has 7 nitrogen and oxygen atoms in total. The lowest BCUT2D eigenvalue weighted by atomic mass is 10.2. The Kier molecular flexibility index (Phi) is 5.45. The molecule has 0 atom stereocenters. The second kappa shape index (κ2) is 7.12. The van der Waals surface area contributed by atoms with Crippen LogP contribution < -0.4 is 10.0 Å². The lowest BCUT2D eigenvalue weighted by molar-refractivity contribution is 0.574. The summed E-state index contributed by atoms with van der Waals surface area (Å²) in [6.45, 7) is 5.41. The highest BCUT2D eigenvalue weighted by molar-refractivity contribution is 7.89. The van der Waals surface area contributed by atoms with Crippen molar-refractivity contribution < 1.29 is 8.42 Å². The smallest absolute Gasteiger partial charge is 0.260 e. The van der Waals surface area contributed by atoms with Gasteiger partial charge in [-0.1, -0.05) is 6.92 Å². The molecular weight excluding hydrogens is 310 g/mol. The van der Waals surface area contributed by atoms with Crippen LogP contribution in [0, 0.1) is 6.92 Å². The number of rotatable bonds is 8. The molecule has 0 radical (unpaired) electrons. The van der Waals surface area contributed by atoms with Gasteiger partial charge in [-0.2, -0.15) is 5.10 Å². The molecule has 0 spiro atoms. The summed E-state index contributed by atoms with van der Waals surface area (Å²) >= 11 is 1.41. The summed E-state index contributed by atoms with van der Waals surface area (Å²) in [6, 6.07) is 0. The van der Waals surface area contributed by atoms with Gasteiger partial charge < -0.3 is 5.32 Å². The second-order valence-corrected chi connectivity index (χ2v) is 7.25.